The highest BCUT2D eigenvalue weighted by atomic mass is 31.2. The number of rotatable bonds is 83. The summed E-state index contributed by atoms with van der Waals surface area (Å²) in [6.07, 6.45) is 70.5. The van der Waals surface area contributed by atoms with E-state index in [1.807, 2.05) is 0 Å². The molecule has 0 aromatic rings. The van der Waals surface area contributed by atoms with Crippen LogP contribution in [-0.4, -0.2) is 96.7 Å². The van der Waals surface area contributed by atoms with Crippen LogP contribution in [0.15, 0.2) is 24.3 Å². The van der Waals surface area contributed by atoms with Crippen molar-refractivity contribution in [1.29, 1.82) is 0 Å². The largest absolute Gasteiger partial charge is 0.472 e. The molecule has 106 heavy (non-hydrogen) atoms. The summed E-state index contributed by atoms with van der Waals surface area (Å²) in [5, 5.41) is 10.7. The van der Waals surface area contributed by atoms with E-state index in [0.29, 0.717) is 31.6 Å². The molecule has 0 aliphatic rings. The Bertz CT molecular complexity index is 2140. The summed E-state index contributed by atoms with van der Waals surface area (Å²) in [6.45, 7) is 11.9. The Morgan fingerprint density at radius 1 is 0.292 bits per heavy atom. The molecule has 0 aromatic carbocycles. The average molecular weight is 1550 g/mol. The standard InChI is InChI=1S/C87H166O17P2/c1-8-9-10-11-12-13-14-15-24-31-36-41-46-54-61-68-84(89)97-74-82(103-86(91)70-63-56-47-42-37-32-27-22-18-16-20-25-29-34-39-44-51-58-65-78(2)3)76-101-105(93,94)99-72-81(88)73-100-106(95,96)102-77-83(75-98-85(90)69-62-55-50-49-53-60-67-80(6)7)104-87(92)71-64-57-48-43-38-33-28-23-19-17-21-26-30-35-40-45-52-59-66-79(4)5/h13-15,24,78-83,88H,8-12,16-23,25-77H2,1-7H3,(H,93,94)(H,95,96)/b14-13-,24-15-/t81?,82-,83-/m1/s1. The predicted octanol–water partition coefficient (Wildman–Crippen LogP) is 26.0. The molecule has 3 unspecified atom stereocenters. The monoisotopic (exact) mass is 1550 g/mol. The number of hydrogen-bond donors (Lipinski definition) is 3. The van der Waals surface area contributed by atoms with Crippen LogP contribution in [-0.2, 0) is 65.4 Å². The lowest BCUT2D eigenvalue weighted by molar-refractivity contribution is -0.161. The van der Waals surface area contributed by atoms with Gasteiger partial charge in [0.15, 0.2) is 12.2 Å². The Kier molecular flexibility index (Phi) is 74.7. The smallest absolute Gasteiger partial charge is 0.462 e. The molecule has 0 radical (unpaired) electrons. The highest BCUT2D eigenvalue weighted by Crippen LogP contribution is 2.45. The van der Waals surface area contributed by atoms with Crippen LogP contribution in [0.4, 0.5) is 0 Å². The Hall–Kier alpha value is -2.46. The number of aliphatic hydroxyl groups is 1. The number of phosphoric ester groups is 2. The van der Waals surface area contributed by atoms with Gasteiger partial charge in [-0.05, 0) is 69.1 Å². The summed E-state index contributed by atoms with van der Waals surface area (Å²) < 4.78 is 68.8. The molecule has 3 N–H and O–H groups in total. The molecule has 0 amide bonds. The van der Waals surface area contributed by atoms with Crippen molar-refractivity contribution in [1.82, 2.24) is 0 Å². The van der Waals surface area contributed by atoms with Gasteiger partial charge in [-0.15, -0.1) is 0 Å². The van der Waals surface area contributed by atoms with Gasteiger partial charge in [0, 0.05) is 25.7 Å². The average Bonchev–Trinajstić information content (AvgIpc) is 0.901. The van der Waals surface area contributed by atoms with Crippen molar-refractivity contribution in [2.45, 2.75) is 452 Å². The molecule has 5 atom stereocenters. The first-order valence-corrected chi connectivity index (χ1v) is 47.2. The van der Waals surface area contributed by atoms with E-state index in [2.05, 4.69) is 72.8 Å². The van der Waals surface area contributed by atoms with Gasteiger partial charge >= 0.3 is 39.5 Å². The molecule has 0 rings (SSSR count). The van der Waals surface area contributed by atoms with E-state index in [-0.39, 0.29) is 25.7 Å². The van der Waals surface area contributed by atoms with Gasteiger partial charge in [-0.1, -0.05) is 381 Å². The van der Waals surface area contributed by atoms with Gasteiger partial charge in [-0.2, -0.15) is 0 Å². The van der Waals surface area contributed by atoms with Crippen molar-refractivity contribution in [2.24, 2.45) is 17.8 Å². The molecule has 0 aliphatic carbocycles. The molecule has 0 aliphatic heterocycles. The zero-order chi connectivity index (χ0) is 77.9. The van der Waals surface area contributed by atoms with Crippen molar-refractivity contribution in [3.05, 3.63) is 24.3 Å². The Morgan fingerprint density at radius 3 is 0.764 bits per heavy atom. The van der Waals surface area contributed by atoms with Crippen LogP contribution >= 0.6 is 15.6 Å². The van der Waals surface area contributed by atoms with Crippen LogP contribution in [0.25, 0.3) is 0 Å². The fraction of sp³-hybridized carbons (Fsp3) is 0.908. The maximum atomic E-state index is 13.1. The first kappa shape index (κ1) is 104. The first-order valence-electron chi connectivity index (χ1n) is 44.2. The summed E-state index contributed by atoms with van der Waals surface area (Å²) in [5.74, 6) is 0.178. The number of esters is 4. The van der Waals surface area contributed by atoms with Gasteiger partial charge < -0.3 is 33.8 Å². The van der Waals surface area contributed by atoms with Gasteiger partial charge in [0.1, 0.15) is 19.3 Å². The third kappa shape index (κ3) is 79.6. The summed E-state index contributed by atoms with van der Waals surface area (Å²) in [7, 11) is -9.94. The third-order valence-corrected chi connectivity index (χ3v) is 21.7. The topological polar surface area (TPSA) is 237 Å². The van der Waals surface area contributed by atoms with Gasteiger partial charge in [-0.3, -0.25) is 37.3 Å². The summed E-state index contributed by atoms with van der Waals surface area (Å²) in [6, 6.07) is 0. The SMILES string of the molecule is CCCCCC/C=C\C=C/CCCCCCCC(=O)OC[C@H](COP(=O)(O)OCC(O)COP(=O)(O)OC[C@@H](COC(=O)CCCCCCCCC(C)C)OC(=O)CCCCCCCCCCCCCCCCCCCCC(C)C)OC(=O)CCCCCCCCCCCCCCCCCCCCC(C)C. The van der Waals surface area contributed by atoms with Gasteiger partial charge in [0.05, 0.1) is 26.4 Å². The van der Waals surface area contributed by atoms with E-state index in [1.165, 1.54) is 218 Å². The first-order chi connectivity index (χ1) is 51.2. The van der Waals surface area contributed by atoms with Crippen molar-refractivity contribution < 1.29 is 80.2 Å². The molecular weight excluding hydrogens is 1380 g/mol. The Morgan fingerprint density at radius 2 is 0.509 bits per heavy atom. The highest BCUT2D eigenvalue weighted by molar-refractivity contribution is 7.47. The third-order valence-electron chi connectivity index (χ3n) is 19.8. The maximum Gasteiger partial charge on any atom is 0.472 e. The van der Waals surface area contributed by atoms with Crippen LogP contribution in [0.1, 0.15) is 434 Å². The van der Waals surface area contributed by atoms with E-state index in [0.717, 1.165) is 127 Å². The summed E-state index contributed by atoms with van der Waals surface area (Å²) in [5.41, 5.74) is 0. The lowest BCUT2D eigenvalue weighted by Gasteiger charge is -2.21. The van der Waals surface area contributed by atoms with Crippen molar-refractivity contribution in [3.63, 3.8) is 0 Å². The number of phosphoric acid groups is 2. The minimum Gasteiger partial charge on any atom is -0.462 e. The molecule has 0 bridgehead atoms. The number of unbranched alkanes of at least 4 members (excludes halogenated alkanes) is 48. The second-order valence-electron chi connectivity index (χ2n) is 32.0. The van der Waals surface area contributed by atoms with E-state index in [9.17, 15) is 43.2 Å². The normalized spacial score (nSPS) is 14.0. The molecule has 0 saturated carbocycles. The Labute approximate surface area is 650 Å². The van der Waals surface area contributed by atoms with Crippen LogP contribution in [0.5, 0.6) is 0 Å². The predicted molar refractivity (Wildman–Crippen MR) is 437 cm³/mol. The molecule has 0 fully saturated rings. The van der Waals surface area contributed by atoms with Gasteiger partial charge in [-0.25, -0.2) is 9.13 Å². The van der Waals surface area contributed by atoms with E-state index in [1.54, 1.807) is 0 Å². The van der Waals surface area contributed by atoms with Gasteiger partial charge in [0.2, 0.25) is 0 Å². The molecule has 0 heterocycles. The molecular formula is C87H166O17P2. The number of hydrogen-bond acceptors (Lipinski definition) is 15. The Balaban J connectivity index is 5.21. The molecule has 626 valence electrons. The number of allylic oxidation sites excluding steroid dienone is 4. The maximum absolute atomic E-state index is 13.1. The van der Waals surface area contributed by atoms with Crippen molar-refractivity contribution in [2.75, 3.05) is 39.6 Å². The quantitative estimate of drug-likeness (QED) is 0.0169. The fourth-order valence-electron chi connectivity index (χ4n) is 13.0. The zero-order valence-corrected chi connectivity index (χ0v) is 71.2. The number of ether oxygens (including phenoxy) is 4. The molecule has 0 spiro atoms. The van der Waals surface area contributed by atoms with Crippen molar-refractivity contribution >= 4 is 39.5 Å². The van der Waals surface area contributed by atoms with Crippen LogP contribution in [0.2, 0.25) is 0 Å². The lowest BCUT2D eigenvalue weighted by atomic mass is 10.0. The lowest BCUT2D eigenvalue weighted by Crippen LogP contribution is -2.30. The second kappa shape index (κ2) is 76.5. The number of carbonyl (C=O) groups excluding carboxylic acids is 4. The highest BCUT2D eigenvalue weighted by Gasteiger charge is 2.30. The molecule has 0 saturated heterocycles. The number of aliphatic hydroxyl groups excluding tert-OH is 1. The summed E-state index contributed by atoms with van der Waals surface area (Å²) >= 11 is 0. The number of carbonyl (C=O) groups is 4. The van der Waals surface area contributed by atoms with Gasteiger partial charge in [0.25, 0.3) is 0 Å². The van der Waals surface area contributed by atoms with Crippen LogP contribution < -0.4 is 0 Å². The molecule has 0 aromatic heterocycles. The van der Waals surface area contributed by atoms with E-state index in [4.69, 9.17) is 37.0 Å². The zero-order valence-electron chi connectivity index (χ0n) is 69.4. The van der Waals surface area contributed by atoms with Crippen molar-refractivity contribution in [3.8, 4) is 0 Å². The van der Waals surface area contributed by atoms with E-state index >= 15 is 0 Å². The van der Waals surface area contributed by atoms with Crippen LogP contribution in [0, 0.1) is 17.8 Å². The minimum absolute atomic E-state index is 0.101. The van der Waals surface area contributed by atoms with Crippen LogP contribution in [0.3, 0.4) is 0 Å². The fourth-order valence-corrected chi connectivity index (χ4v) is 14.6. The second-order valence-corrected chi connectivity index (χ2v) is 34.9. The summed E-state index contributed by atoms with van der Waals surface area (Å²) in [4.78, 5) is 73.1. The van der Waals surface area contributed by atoms with E-state index < -0.39 is 97.5 Å². The minimum atomic E-state index is -4.97. The molecule has 19 heteroatoms. The molecule has 17 nitrogen and oxygen atoms in total.